The summed E-state index contributed by atoms with van der Waals surface area (Å²) in [5.74, 6) is -0.501. The summed E-state index contributed by atoms with van der Waals surface area (Å²) in [6.45, 7) is 3.91. The molecule has 0 fully saturated rings. The van der Waals surface area contributed by atoms with Gasteiger partial charge in [0.1, 0.15) is 11.4 Å². The van der Waals surface area contributed by atoms with E-state index < -0.39 is 5.91 Å². The minimum atomic E-state index is -0.422. The minimum Gasteiger partial charge on any atom is -0.451 e. The maximum Gasteiger partial charge on any atom is 0.307 e. The van der Waals surface area contributed by atoms with E-state index in [0.717, 1.165) is 38.8 Å². The number of nitrogens with zero attached hydrogens (tertiary/aromatic N) is 2. The normalized spacial score (nSPS) is 11.6. The second kappa shape index (κ2) is 7.81. The van der Waals surface area contributed by atoms with Gasteiger partial charge in [0, 0.05) is 28.0 Å². The first-order valence-electron chi connectivity index (χ1n) is 10.2. The van der Waals surface area contributed by atoms with Crippen LogP contribution in [0.15, 0.2) is 82.3 Å². The SMILES string of the molecule is Cc1cc(/C=N/NC(=O)c2cc3c(ccc4ccccc43)o2)c(C)n1-c1ccc(F)cc1. The Balaban J connectivity index is 1.37. The molecule has 0 aliphatic rings. The van der Waals surface area contributed by atoms with Crippen LogP contribution in [-0.4, -0.2) is 16.7 Å². The number of hydrogen-bond acceptors (Lipinski definition) is 3. The number of benzene rings is 3. The third-order valence-corrected chi connectivity index (χ3v) is 5.57. The standard InChI is InChI=1S/C26H20FN3O2/c1-16-13-19(17(2)30(16)21-10-8-20(27)9-11-21)15-28-29-26(31)25-14-23-22-6-4-3-5-18(22)7-12-24(23)32-25/h3-15H,1-2H3,(H,29,31)/b28-15+. The van der Waals surface area contributed by atoms with Crippen molar-refractivity contribution in [2.75, 3.05) is 0 Å². The van der Waals surface area contributed by atoms with Crippen LogP contribution in [0.5, 0.6) is 0 Å². The summed E-state index contributed by atoms with van der Waals surface area (Å²) in [6, 6.07) is 21.8. The lowest BCUT2D eigenvalue weighted by atomic mass is 10.1. The molecule has 5 rings (SSSR count). The van der Waals surface area contributed by atoms with Crippen molar-refractivity contribution in [2.45, 2.75) is 13.8 Å². The van der Waals surface area contributed by atoms with Crippen molar-refractivity contribution in [1.82, 2.24) is 9.99 Å². The summed E-state index contributed by atoms with van der Waals surface area (Å²) in [6.07, 6.45) is 1.60. The fourth-order valence-corrected chi connectivity index (χ4v) is 4.03. The smallest absolute Gasteiger partial charge is 0.307 e. The number of rotatable bonds is 4. The van der Waals surface area contributed by atoms with Gasteiger partial charge < -0.3 is 8.98 Å². The van der Waals surface area contributed by atoms with Gasteiger partial charge in [-0.1, -0.05) is 30.3 Å². The molecule has 158 valence electrons. The topological polar surface area (TPSA) is 59.5 Å². The van der Waals surface area contributed by atoms with E-state index in [2.05, 4.69) is 10.5 Å². The Morgan fingerprint density at radius 2 is 1.78 bits per heavy atom. The Kier molecular flexibility index (Phi) is 4.82. The molecule has 0 unspecified atom stereocenters. The number of fused-ring (bicyclic) bond motifs is 3. The number of hydrazone groups is 1. The molecule has 0 atom stereocenters. The Morgan fingerprint density at radius 1 is 1.00 bits per heavy atom. The first kappa shape index (κ1) is 19.8. The number of amides is 1. The first-order chi connectivity index (χ1) is 15.5. The van der Waals surface area contributed by atoms with E-state index in [-0.39, 0.29) is 11.6 Å². The number of aryl methyl sites for hydroxylation is 1. The van der Waals surface area contributed by atoms with Crippen LogP contribution in [0.3, 0.4) is 0 Å². The highest BCUT2D eigenvalue weighted by Crippen LogP contribution is 2.28. The molecular formula is C26H20FN3O2. The molecule has 0 aliphatic carbocycles. The molecule has 6 heteroatoms. The number of aromatic nitrogens is 1. The molecule has 5 aromatic rings. The van der Waals surface area contributed by atoms with Gasteiger partial charge in [-0.05, 0) is 67.1 Å². The van der Waals surface area contributed by atoms with Crippen LogP contribution < -0.4 is 5.43 Å². The summed E-state index contributed by atoms with van der Waals surface area (Å²) in [5.41, 5.74) is 6.81. The Bertz CT molecular complexity index is 1490. The second-order valence-electron chi connectivity index (χ2n) is 7.65. The van der Waals surface area contributed by atoms with Gasteiger partial charge in [0.15, 0.2) is 5.76 Å². The summed E-state index contributed by atoms with van der Waals surface area (Å²) >= 11 is 0. The van der Waals surface area contributed by atoms with E-state index in [4.69, 9.17) is 4.42 Å². The molecule has 5 nitrogen and oxygen atoms in total. The van der Waals surface area contributed by atoms with E-state index >= 15 is 0 Å². The summed E-state index contributed by atoms with van der Waals surface area (Å²) in [5, 5.41) is 7.12. The van der Waals surface area contributed by atoms with Crippen LogP contribution in [0.4, 0.5) is 4.39 Å². The van der Waals surface area contributed by atoms with Gasteiger partial charge in [-0.3, -0.25) is 4.79 Å². The molecule has 0 aliphatic heterocycles. The van der Waals surface area contributed by atoms with Gasteiger partial charge in [0.2, 0.25) is 0 Å². The van der Waals surface area contributed by atoms with Crippen molar-refractivity contribution < 1.29 is 13.6 Å². The highest BCUT2D eigenvalue weighted by atomic mass is 19.1. The fourth-order valence-electron chi connectivity index (χ4n) is 4.03. The van der Waals surface area contributed by atoms with Crippen molar-refractivity contribution >= 4 is 33.9 Å². The van der Waals surface area contributed by atoms with Gasteiger partial charge >= 0.3 is 5.91 Å². The molecule has 3 aromatic carbocycles. The second-order valence-corrected chi connectivity index (χ2v) is 7.65. The van der Waals surface area contributed by atoms with Gasteiger partial charge in [-0.15, -0.1) is 0 Å². The van der Waals surface area contributed by atoms with Crippen molar-refractivity contribution in [3.8, 4) is 5.69 Å². The van der Waals surface area contributed by atoms with Gasteiger partial charge in [0.05, 0.1) is 6.21 Å². The van der Waals surface area contributed by atoms with E-state index in [1.807, 2.05) is 60.9 Å². The molecular weight excluding hydrogens is 405 g/mol. The molecule has 0 spiro atoms. The lowest BCUT2D eigenvalue weighted by Crippen LogP contribution is -2.16. The fraction of sp³-hybridized carbons (Fsp3) is 0.0769. The van der Waals surface area contributed by atoms with Crippen molar-refractivity contribution in [1.29, 1.82) is 0 Å². The zero-order valence-electron chi connectivity index (χ0n) is 17.6. The van der Waals surface area contributed by atoms with Crippen LogP contribution in [0, 0.1) is 19.7 Å². The number of furan rings is 1. The predicted molar refractivity (Wildman–Crippen MR) is 124 cm³/mol. The summed E-state index contributed by atoms with van der Waals surface area (Å²) < 4.78 is 21.0. The summed E-state index contributed by atoms with van der Waals surface area (Å²) in [4.78, 5) is 12.6. The zero-order chi connectivity index (χ0) is 22.2. The maximum atomic E-state index is 13.3. The molecule has 0 saturated heterocycles. The number of carbonyl (C=O) groups is 1. The number of halogens is 1. The summed E-state index contributed by atoms with van der Waals surface area (Å²) in [7, 11) is 0. The van der Waals surface area contributed by atoms with Crippen LogP contribution in [0.1, 0.15) is 27.5 Å². The Labute approximate surface area is 183 Å². The van der Waals surface area contributed by atoms with Crippen molar-refractivity contribution in [2.24, 2.45) is 5.10 Å². The van der Waals surface area contributed by atoms with Gasteiger partial charge in [-0.25, -0.2) is 9.82 Å². The largest absolute Gasteiger partial charge is 0.451 e. The van der Waals surface area contributed by atoms with E-state index in [0.29, 0.717) is 5.58 Å². The number of hydrogen-bond donors (Lipinski definition) is 1. The number of nitrogens with one attached hydrogen (secondary N) is 1. The highest BCUT2D eigenvalue weighted by molar-refractivity contribution is 6.08. The minimum absolute atomic E-state index is 0.199. The van der Waals surface area contributed by atoms with Crippen molar-refractivity contribution in [3.05, 3.63) is 101 Å². The molecule has 2 aromatic heterocycles. The van der Waals surface area contributed by atoms with E-state index in [9.17, 15) is 9.18 Å². The van der Waals surface area contributed by atoms with E-state index in [1.165, 1.54) is 12.1 Å². The van der Waals surface area contributed by atoms with Crippen LogP contribution >= 0.6 is 0 Å². The molecule has 1 N–H and O–H groups in total. The average Bonchev–Trinajstić information content (AvgIpc) is 3.36. The average molecular weight is 425 g/mol. The highest BCUT2D eigenvalue weighted by Gasteiger charge is 2.14. The van der Waals surface area contributed by atoms with Gasteiger partial charge in [-0.2, -0.15) is 5.10 Å². The van der Waals surface area contributed by atoms with Crippen LogP contribution in [0.2, 0.25) is 0 Å². The Hall–Kier alpha value is -4.19. The third kappa shape index (κ3) is 3.46. The third-order valence-electron chi connectivity index (χ3n) is 5.57. The van der Waals surface area contributed by atoms with Crippen LogP contribution in [-0.2, 0) is 0 Å². The lowest BCUT2D eigenvalue weighted by Gasteiger charge is -2.09. The van der Waals surface area contributed by atoms with E-state index in [1.54, 1.807) is 24.4 Å². The first-order valence-corrected chi connectivity index (χ1v) is 10.2. The molecule has 2 heterocycles. The molecule has 0 saturated carbocycles. The van der Waals surface area contributed by atoms with Crippen molar-refractivity contribution in [3.63, 3.8) is 0 Å². The van der Waals surface area contributed by atoms with Gasteiger partial charge in [0.25, 0.3) is 0 Å². The number of carbonyl (C=O) groups excluding carboxylic acids is 1. The molecule has 32 heavy (non-hydrogen) atoms. The molecule has 0 radical (unpaired) electrons. The monoisotopic (exact) mass is 425 g/mol. The molecule has 0 bridgehead atoms. The zero-order valence-corrected chi connectivity index (χ0v) is 17.6. The van der Waals surface area contributed by atoms with Crippen LogP contribution in [0.25, 0.3) is 27.4 Å². The lowest BCUT2D eigenvalue weighted by molar-refractivity contribution is 0.0929. The predicted octanol–water partition coefficient (Wildman–Crippen LogP) is 5.90. The molecule has 1 amide bonds. The maximum absolute atomic E-state index is 13.3. The quantitative estimate of drug-likeness (QED) is 0.288. The Morgan fingerprint density at radius 3 is 2.59 bits per heavy atom.